The highest BCUT2D eigenvalue weighted by Gasteiger charge is 2.23. The molecule has 0 aliphatic rings. The summed E-state index contributed by atoms with van der Waals surface area (Å²) < 4.78 is 0. The smallest absolute Gasteiger partial charge is 0.0685 e. The summed E-state index contributed by atoms with van der Waals surface area (Å²) in [4.78, 5) is 0. The molecule has 0 saturated heterocycles. The van der Waals surface area contributed by atoms with Gasteiger partial charge in [0.1, 0.15) is 0 Å². The fourth-order valence-electron chi connectivity index (χ4n) is 3.86. The van der Waals surface area contributed by atoms with Crippen LogP contribution in [-0.2, 0) is 31.5 Å². The van der Waals surface area contributed by atoms with Crippen LogP contribution in [-0.4, -0.2) is 21.4 Å². The van der Waals surface area contributed by atoms with E-state index in [2.05, 4.69) is 65.8 Å². The molecule has 166 valence electrons. The lowest BCUT2D eigenvalue weighted by Gasteiger charge is -2.28. The zero-order chi connectivity index (χ0) is 22.5. The van der Waals surface area contributed by atoms with Crippen molar-refractivity contribution in [2.24, 2.45) is 5.41 Å². The fraction of sp³-hybridized carbons (Fsp3) is 0.556. The number of benzene rings is 2. The lowest BCUT2D eigenvalue weighted by atomic mass is 9.78. The van der Waals surface area contributed by atoms with E-state index >= 15 is 0 Å². The van der Waals surface area contributed by atoms with Gasteiger partial charge in [-0.15, -0.1) is 0 Å². The van der Waals surface area contributed by atoms with Crippen molar-refractivity contribution < 1.29 is 15.3 Å². The number of hydrogen-bond donors (Lipinski definition) is 3. The van der Waals surface area contributed by atoms with Crippen molar-refractivity contribution in [2.75, 3.05) is 0 Å². The molecule has 1 atom stereocenters. The molecule has 0 spiro atoms. The van der Waals surface area contributed by atoms with Crippen LogP contribution in [0.5, 0.6) is 0 Å². The maximum atomic E-state index is 10.3. The van der Waals surface area contributed by atoms with Crippen LogP contribution >= 0.6 is 0 Å². The van der Waals surface area contributed by atoms with Crippen molar-refractivity contribution in [1.29, 1.82) is 0 Å². The maximum absolute atomic E-state index is 10.3. The van der Waals surface area contributed by atoms with E-state index in [9.17, 15) is 15.3 Å². The number of aryl methyl sites for hydroxylation is 3. The van der Waals surface area contributed by atoms with Gasteiger partial charge in [-0.05, 0) is 76.8 Å². The summed E-state index contributed by atoms with van der Waals surface area (Å²) in [6, 6.07) is 12.7. The predicted molar refractivity (Wildman–Crippen MR) is 125 cm³/mol. The van der Waals surface area contributed by atoms with E-state index in [0.717, 1.165) is 36.8 Å². The summed E-state index contributed by atoms with van der Waals surface area (Å²) in [5.41, 5.74) is 6.67. The Bertz CT molecular complexity index is 830. The first kappa shape index (κ1) is 24.6. The quantitative estimate of drug-likeness (QED) is 0.528. The average molecular weight is 413 g/mol. The topological polar surface area (TPSA) is 60.7 Å². The molecule has 0 saturated carbocycles. The van der Waals surface area contributed by atoms with Gasteiger partial charge in [-0.25, -0.2) is 0 Å². The van der Waals surface area contributed by atoms with Crippen LogP contribution in [0.1, 0.15) is 80.8 Å². The molecule has 0 aliphatic heterocycles. The molecule has 3 heteroatoms. The van der Waals surface area contributed by atoms with E-state index in [-0.39, 0.29) is 30.1 Å². The first-order chi connectivity index (χ1) is 14.0. The molecule has 0 fully saturated rings. The normalized spacial score (nSPS) is 13.5. The molecule has 0 aromatic heterocycles. The minimum Gasteiger partial charge on any atom is -0.393 e. The third kappa shape index (κ3) is 6.41. The van der Waals surface area contributed by atoms with Crippen LogP contribution in [0, 0.1) is 12.3 Å². The first-order valence-electron chi connectivity index (χ1n) is 11.1. The van der Waals surface area contributed by atoms with Crippen molar-refractivity contribution in [2.45, 2.75) is 92.0 Å². The summed E-state index contributed by atoms with van der Waals surface area (Å²) in [6.45, 7) is 12.9. The summed E-state index contributed by atoms with van der Waals surface area (Å²) in [5, 5.41) is 29.3. The summed E-state index contributed by atoms with van der Waals surface area (Å²) in [7, 11) is 0. The molecule has 0 bridgehead atoms. The molecule has 0 amide bonds. The van der Waals surface area contributed by atoms with Crippen LogP contribution in [0.2, 0.25) is 0 Å². The van der Waals surface area contributed by atoms with Gasteiger partial charge in [0.15, 0.2) is 0 Å². The lowest BCUT2D eigenvalue weighted by Crippen LogP contribution is -2.26. The van der Waals surface area contributed by atoms with Crippen molar-refractivity contribution in [3.05, 3.63) is 69.8 Å². The van der Waals surface area contributed by atoms with Gasteiger partial charge in [0.25, 0.3) is 0 Å². The Morgan fingerprint density at radius 1 is 0.800 bits per heavy atom. The van der Waals surface area contributed by atoms with Crippen LogP contribution < -0.4 is 0 Å². The Kier molecular flexibility index (Phi) is 8.27. The summed E-state index contributed by atoms with van der Waals surface area (Å²) in [5.74, 6) is 0. The van der Waals surface area contributed by atoms with Crippen molar-refractivity contribution in [1.82, 2.24) is 0 Å². The molecule has 0 heterocycles. The second-order valence-electron chi connectivity index (χ2n) is 10.4. The fourth-order valence-corrected chi connectivity index (χ4v) is 3.86. The van der Waals surface area contributed by atoms with E-state index in [1.54, 1.807) is 0 Å². The highest BCUT2D eigenvalue weighted by Crippen LogP contribution is 2.31. The first-order valence-corrected chi connectivity index (χ1v) is 11.1. The van der Waals surface area contributed by atoms with Crippen molar-refractivity contribution in [3.63, 3.8) is 0 Å². The molecule has 30 heavy (non-hydrogen) atoms. The molecule has 2 rings (SSSR count). The van der Waals surface area contributed by atoms with Gasteiger partial charge in [0.05, 0.1) is 19.3 Å². The molecule has 0 radical (unpaired) electrons. The van der Waals surface area contributed by atoms with Gasteiger partial charge in [0.2, 0.25) is 0 Å². The highest BCUT2D eigenvalue weighted by molar-refractivity contribution is 5.36. The Balaban J connectivity index is 2.06. The minimum absolute atomic E-state index is 0.0310. The molecular weight excluding hydrogens is 372 g/mol. The average Bonchev–Trinajstić information content (AvgIpc) is 2.70. The Morgan fingerprint density at radius 3 is 2.00 bits per heavy atom. The third-order valence-electron chi connectivity index (χ3n) is 6.46. The van der Waals surface area contributed by atoms with Gasteiger partial charge in [-0.2, -0.15) is 0 Å². The van der Waals surface area contributed by atoms with Gasteiger partial charge >= 0.3 is 0 Å². The second-order valence-corrected chi connectivity index (χ2v) is 10.4. The maximum Gasteiger partial charge on any atom is 0.0685 e. The molecule has 3 N–H and O–H groups in total. The van der Waals surface area contributed by atoms with Gasteiger partial charge in [-0.3, -0.25) is 0 Å². The molecule has 3 nitrogen and oxygen atoms in total. The summed E-state index contributed by atoms with van der Waals surface area (Å²) >= 11 is 0. The molecule has 0 aliphatic carbocycles. The van der Waals surface area contributed by atoms with Crippen LogP contribution in [0.15, 0.2) is 36.4 Å². The largest absolute Gasteiger partial charge is 0.393 e. The Labute approximate surface area is 182 Å². The third-order valence-corrected chi connectivity index (χ3v) is 6.46. The molecule has 2 aromatic carbocycles. The Morgan fingerprint density at radius 2 is 1.43 bits per heavy atom. The predicted octanol–water partition coefficient (Wildman–Crippen LogP) is 5.23. The monoisotopic (exact) mass is 412 g/mol. The Hall–Kier alpha value is -1.68. The van der Waals surface area contributed by atoms with Gasteiger partial charge in [-0.1, -0.05) is 71.0 Å². The zero-order valence-electron chi connectivity index (χ0n) is 19.6. The molecule has 2 aromatic rings. The van der Waals surface area contributed by atoms with Gasteiger partial charge in [0, 0.05) is 0 Å². The van der Waals surface area contributed by atoms with E-state index in [1.165, 1.54) is 22.3 Å². The number of rotatable bonds is 9. The van der Waals surface area contributed by atoms with Crippen LogP contribution in [0.25, 0.3) is 0 Å². The number of aliphatic hydroxyl groups is 3. The lowest BCUT2D eigenvalue weighted by molar-refractivity contribution is 0.0560. The molecule has 1 unspecified atom stereocenters. The van der Waals surface area contributed by atoms with Crippen molar-refractivity contribution >= 4 is 0 Å². The van der Waals surface area contributed by atoms with E-state index in [1.807, 2.05) is 12.1 Å². The van der Waals surface area contributed by atoms with E-state index < -0.39 is 0 Å². The standard InChI is InChI=1S/C27H40O3/c1-19-15-24(11-9-21(19)10-12-25(30)26(2,3)4)27(5,6)14-13-20-7-8-22(17-28)23(16-20)18-29/h7-9,11,15-16,25,28-30H,10,12-14,17-18H2,1-6H3. The SMILES string of the molecule is Cc1cc(C(C)(C)CCc2ccc(CO)c(CO)c2)ccc1CCC(O)C(C)(C)C. The van der Waals surface area contributed by atoms with Crippen molar-refractivity contribution in [3.8, 4) is 0 Å². The summed E-state index contributed by atoms with van der Waals surface area (Å²) in [6.07, 6.45) is 3.30. The van der Waals surface area contributed by atoms with Gasteiger partial charge < -0.3 is 15.3 Å². The number of hydrogen-bond acceptors (Lipinski definition) is 3. The second kappa shape index (κ2) is 10.1. The zero-order valence-corrected chi connectivity index (χ0v) is 19.6. The van der Waals surface area contributed by atoms with Crippen LogP contribution in [0.3, 0.4) is 0 Å². The number of aliphatic hydroxyl groups excluding tert-OH is 3. The van der Waals surface area contributed by atoms with E-state index in [0.29, 0.717) is 0 Å². The highest BCUT2D eigenvalue weighted by atomic mass is 16.3. The molecular formula is C27H40O3. The van der Waals surface area contributed by atoms with E-state index in [4.69, 9.17) is 0 Å². The minimum atomic E-state index is -0.297. The van der Waals surface area contributed by atoms with Crippen LogP contribution in [0.4, 0.5) is 0 Å².